The lowest BCUT2D eigenvalue weighted by Gasteiger charge is -2.35. The van der Waals surface area contributed by atoms with Gasteiger partial charge < -0.3 is 4.90 Å². The molecule has 0 amide bonds. The van der Waals surface area contributed by atoms with E-state index < -0.39 is 5.41 Å². The maximum absolute atomic E-state index is 2.43. The third-order valence-electron chi connectivity index (χ3n) is 10.2. The number of hydrogen-bond acceptors (Lipinski definition) is 1. The van der Waals surface area contributed by atoms with Crippen molar-refractivity contribution >= 4 is 17.1 Å². The maximum atomic E-state index is 2.43. The molecule has 8 aromatic rings. The minimum Gasteiger partial charge on any atom is -0.310 e. The zero-order valence-corrected chi connectivity index (χ0v) is 27.7. The van der Waals surface area contributed by atoms with Gasteiger partial charge in [-0.25, -0.2) is 0 Å². The fourth-order valence-corrected chi connectivity index (χ4v) is 7.88. The molecule has 0 fully saturated rings. The fourth-order valence-electron chi connectivity index (χ4n) is 7.88. The number of hydrogen-bond donors (Lipinski definition) is 0. The van der Waals surface area contributed by atoms with Gasteiger partial charge in [0.2, 0.25) is 0 Å². The highest BCUT2D eigenvalue weighted by molar-refractivity contribution is 5.89. The molecule has 236 valence electrons. The summed E-state index contributed by atoms with van der Waals surface area (Å²) < 4.78 is 0. The summed E-state index contributed by atoms with van der Waals surface area (Å²) in [6, 6.07) is 77.1. The zero-order valence-electron chi connectivity index (χ0n) is 27.7. The Balaban J connectivity index is 1.18. The first-order valence-electron chi connectivity index (χ1n) is 17.3. The number of fused-ring (bicyclic) bond motifs is 3. The van der Waals surface area contributed by atoms with Crippen LogP contribution in [0.2, 0.25) is 0 Å². The van der Waals surface area contributed by atoms with E-state index in [0.29, 0.717) is 0 Å². The third-order valence-corrected chi connectivity index (χ3v) is 10.2. The summed E-state index contributed by atoms with van der Waals surface area (Å²) in [5, 5.41) is 0. The Morgan fingerprint density at radius 1 is 0.280 bits per heavy atom. The minimum absolute atomic E-state index is 0.456. The SMILES string of the molecule is c1ccc(-c2ccc(-c3ccc(N(c4ccccc4)c4ccc5c(c4)C(c4ccccc4)(c4ccccc4)c4ccccc4-5)cc3)cc2)cc1. The molecule has 0 bridgehead atoms. The van der Waals surface area contributed by atoms with Crippen LogP contribution in [-0.2, 0) is 5.41 Å². The molecule has 0 radical (unpaired) electrons. The molecule has 0 spiro atoms. The summed E-state index contributed by atoms with van der Waals surface area (Å²) in [4.78, 5) is 2.38. The summed E-state index contributed by atoms with van der Waals surface area (Å²) in [6.45, 7) is 0. The highest BCUT2D eigenvalue weighted by atomic mass is 15.1. The molecule has 1 heteroatoms. The lowest BCUT2D eigenvalue weighted by Crippen LogP contribution is -2.28. The number of para-hydroxylation sites is 1. The first-order chi connectivity index (χ1) is 24.8. The molecule has 0 atom stereocenters. The average molecular weight is 638 g/mol. The van der Waals surface area contributed by atoms with Gasteiger partial charge in [-0.15, -0.1) is 0 Å². The summed E-state index contributed by atoms with van der Waals surface area (Å²) in [6.07, 6.45) is 0. The molecular weight excluding hydrogens is 603 g/mol. The molecule has 0 N–H and O–H groups in total. The lowest BCUT2D eigenvalue weighted by atomic mass is 9.67. The van der Waals surface area contributed by atoms with E-state index in [4.69, 9.17) is 0 Å². The predicted molar refractivity (Wildman–Crippen MR) is 209 cm³/mol. The first-order valence-corrected chi connectivity index (χ1v) is 17.3. The van der Waals surface area contributed by atoms with Crippen molar-refractivity contribution in [3.05, 3.63) is 235 Å². The van der Waals surface area contributed by atoms with Gasteiger partial charge in [-0.3, -0.25) is 0 Å². The molecule has 1 aliphatic carbocycles. The van der Waals surface area contributed by atoms with Crippen molar-refractivity contribution in [1.29, 1.82) is 0 Å². The van der Waals surface area contributed by atoms with Gasteiger partial charge >= 0.3 is 0 Å². The van der Waals surface area contributed by atoms with Crippen molar-refractivity contribution in [2.24, 2.45) is 0 Å². The highest BCUT2D eigenvalue weighted by Gasteiger charge is 2.46. The van der Waals surface area contributed by atoms with Gasteiger partial charge in [-0.1, -0.05) is 176 Å². The number of rotatable bonds is 7. The maximum Gasteiger partial charge on any atom is 0.0714 e. The Kier molecular flexibility index (Phi) is 7.44. The summed E-state index contributed by atoms with van der Waals surface area (Å²) in [5.74, 6) is 0. The third kappa shape index (κ3) is 4.95. The number of nitrogens with zero attached hydrogens (tertiary/aromatic N) is 1. The topological polar surface area (TPSA) is 3.24 Å². The summed E-state index contributed by atoms with van der Waals surface area (Å²) >= 11 is 0. The Bertz CT molecular complexity index is 2340. The molecule has 9 rings (SSSR count). The van der Waals surface area contributed by atoms with E-state index in [1.54, 1.807) is 0 Å². The van der Waals surface area contributed by atoms with Crippen molar-refractivity contribution in [3.8, 4) is 33.4 Å². The van der Waals surface area contributed by atoms with E-state index in [9.17, 15) is 0 Å². The Morgan fingerprint density at radius 2 is 0.680 bits per heavy atom. The average Bonchev–Trinajstić information content (AvgIpc) is 3.50. The molecular formula is C49H35N. The largest absolute Gasteiger partial charge is 0.310 e. The number of anilines is 3. The van der Waals surface area contributed by atoms with Crippen LogP contribution in [0.3, 0.4) is 0 Å². The molecule has 50 heavy (non-hydrogen) atoms. The molecule has 0 saturated carbocycles. The van der Waals surface area contributed by atoms with Gasteiger partial charge in [0, 0.05) is 17.1 Å². The van der Waals surface area contributed by atoms with Gasteiger partial charge in [0.25, 0.3) is 0 Å². The predicted octanol–water partition coefficient (Wildman–Crippen LogP) is 12.9. The Labute approximate surface area is 294 Å². The number of benzene rings is 8. The van der Waals surface area contributed by atoms with Gasteiger partial charge in [-0.2, -0.15) is 0 Å². The standard InChI is InChI=1S/C49H35N/c1-5-15-36(16-6-1)37-25-27-38(28-26-37)39-29-31-43(32-30-39)50(42-21-11-4-12-22-42)44-33-34-46-45-23-13-14-24-47(45)49(48(46)35-44,40-17-7-2-8-18-40)41-19-9-3-10-20-41/h1-35H. The minimum atomic E-state index is -0.456. The molecule has 0 unspecified atom stereocenters. The van der Waals surface area contributed by atoms with E-state index in [2.05, 4.69) is 217 Å². The normalized spacial score (nSPS) is 12.6. The Hall–Kier alpha value is -6.44. The monoisotopic (exact) mass is 637 g/mol. The highest BCUT2D eigenvalue weighted by Crippen LogP contribution is 2.57. The van der Waals surface area contributed by atoms with Crippen molar-refractivity contribution < 1.29 is 0 Å². The van der Waals surface area contributed by atoms with Crippen LogP contribution >= 0.6 is 0 Å². The second kappa shape index (κ2) is 12.5. The second-order valence-electron chi connectivity index (χ2n) is 12.9. The molecule has 0 heterocycles. The molecule has 1 aliphatic rings. The van der Waals surface area contributed by atoms with Gasteiger partial charge in [-0.05, 0) is 92.0 Å². The molecule has 8 aromatic carbocycles. The van der Waals surface area contributed by atoms with Crippen LogP contribution in [0.5, 0.6) is 0 Å². The zero-order chi connectivity index (χ0) is 33.3. The van der Waals surface area contributed by atoms with Crippen molar-refractivity contribution in [2.45, 2.75) is 5.41 Å². The van der Waals surface area contributed by atoms with Crippen LogP contribution in [-0.4, -0.2) is 0 Å². The van der Waals surface area contributed by atoms with Crippen molar-refractivity contribution in [1.82, 2.24) is 0 Å². The summed E-state index contributed by atoms with van der Waals surface area (Å²) in [7, 11) is 0. The van der Waals surface area contributed by atoms with Crippen LogP contribution < -0.4 is 4.90 Å². The van der Waals surface area contributed by atoms with E-state index in [-0.39, 0.29) is 0 Å². The van der Waals surface area contributed by atoms with E-state index in [0.717, 1.165) is 17.1 Å². The van der Waals surface area contributed by atoms with Gasteiger partial charge in [0.1, 0.15) is 0 Å². The van der Waals surface area contributed by atoms with Crippen LogP contribution in [0.25, 0.3) is 33.4 Å². The van der Waals surface area contributed by atoms with Crippen LogP contribution in [0.15, 0.2) is 212 Å². The van der Waals surface area contributed by atoms with Crippen LogP contribution in [0.4, 0.5) is 17.1 Å². The fraction of sp³-hybridized carbons (Fsp3) is 0.0204. The van der Waals surface area contributed by atoms with Crippen LogP contribution in [0.1, 0.15) is 22.3 Å². The quantitative estimate of drug-likeness (QED) is 0.168. The van der Waals surface area contributed by atoms with Gasteiger partial charge in [0.15, 0.2) is 0 Å². The lowest BCUT2D eigenvalue weighted by molar-refractivity contribution is 0.768. The van der Waals surface area contributed by atoms with E-state index in [1.807, 2.05) is 0 Å². The van der Waals surface area contributed by atoms with Crippen molar-refractivity contribution in [3.63, 3.8) is 0 Å². The smallest absolute Gasteiger partial charge is 0.0714 e. The van der Waals surface area contributed by atoms with E-state index in [1.165, 1.54) is 55.6 Å². The molecule has 0 aromatic heterocycles. The first kappa shape index (κ1) is 29.7. The van der Waals surface area contributed by atoms with Crippen molar-refractivity contribution in [2.75, 3.05) is 4.90 Å². The Morgan fingerprint density at radius 3 is 1.26 bits per heavy atom. The molecule has 0 aliphatic heterocycles. The van der Waals surface area contributed by atoms with Gasteiger partial charge in [0.05, 0.1) is 5.41 Å². The van der Waals surface area contributed by atoms with Crippen LogP contribution in [0, 0.1) is 0 Å². The molecule has 1 nitrogen and oxygen atoms in total. The second-order valence-corrected chi connectivity index (χ2v) is 12.9. The summed E-state index contributed by atoms with van der Waals surface area (Å²) in [5.41, 5.74) is 15.5. The molecule has 0 saturated heterocycles. The van der Waals surface area contributed by atoms with E-state index >= 15 is 0 Å².